The molecule has 21 heavy (non-hydrogen) atoms. The van der Waals surface area contributed by atoms with Crippen molar-refractivity contribution >= 4 is 10.1 Å². The minimum atomic E-state index is -3.78. The van der Waals surface area contributed by atoms with Crippen molar-refractivity contribution in [1.29, 1.82) is 0 Å². The van der Waals surface area contributed by atoms with Crippen LogP contribution in [0.15, 0.2) is 29.2 Å². The SMILES string of the molecule is CCCCOC(CC(C)C)OS(=O)(=O)c1ccc(C)cc1. The van der Waals surface area contributed by atoms with Crippen LogP contribution in [0.2, 0.25) is 0 Å². The number of rotatable bonds is 9. The van der Waals surface area contributed by atoms with Crippen molar-refractivity contribution in [1.82, 2.24) is 0 Å². The third kappa shape index (κ3) is 6.59. The van der Waals surface area contributed by atoms with E-state index < -0.39 is 16.4 Å². The molecule has 0 saturated heterocycles. The van der Waals surface area contributed by atoms with Gasteiger partial charge in [-0.2, -0.15) is 8.42 Å². The van der Waals surface area contributed by atoms with E-state index in [4.69, 9.17) is 8.92 Å². The molecule has 0 saturated carbocycles. The van der Waals surface area contributed by atoms with Gasteiger partial charge in [-0.25, -0.2) is 4.18 Å². The van der Waals surface area contributed by atoms with Gasteiger partial charge in [0.2, 0.25) is 0 Å². The van der Waals surface area contributed by atoms with E-state index >= 15 is 0 Å². The summed E-state index contributed by atoms with van der Waals surface area (Å²) in [4.78, 5) is 0.168. The van der Waals surface area contributed by atoms with Crippen molar-refractivity contribution in [3.63, 3.8) is 0 Å². The third-order valence-electron chi connectivity index (χ3n) is 3.01. The summed E-state index contributed by atoms with van der Waals surface area (Å²) in [7, 11) is -3.78. The first-order chi connectivity index (χ1) is 9.85. The van der Waals surface area contributed by atoms with E-state index in [1.54, 1.807) is 24.3 Å². The molecular formula is C16H26O4S. The number of benzene rings is 1. The first kappa shape index (κ1) is 18.1. The van der Waals surface area contributed by atoms with Crippen LogP contribution in [0.25, 0.3) is 0 Å². The minimum Gasteiger partial charge on any atom is -0.351 e. The Morgan fingerprint density at radius 1 is 1.14 bits per heavy atom. The van der Waals surface area contributed by atoms with Crippen molar-refractivity contribution < 1.29 is 17.3 Å². The highest BCUT2D eigenvalue weighted by molar-refractivity contribution is 7.86. The fraction of sp³-hybridized carbons (Fsp3) is 0.625. The van der Waals surface area contributed by atoms with Gasteiger partial charge in [0.05, 0.1) is 4.90 Å². The second kappa shape index (κ2) is 8.51. The normalized spacial score (nSPS) is 13.6. The Bertz CT molecular complexity index is 506. The molecule has 0 amide bonds. The van der Waals surface area contributed by atoms with E-state index in [9.17, 15) is 8.42 Å². The summed E-state index contributed by atoms with van der Waals surface area (Å²) < 4.78 is 35.4. The van der Waals surface area contributed by atoms with Crippen LogP contribution in [0.3, 0.4) is 0 Å². The van der Waals surface area contributed by atoms with Crippen LogP contribution >= 0.6 is 0 Å². The molecule has 0 bridgehead atoms. The van der Waals surface area contributed by atoms with Crippen LogP contribution < -0.4 is 0 Å². The minimum absolute atomic E-state index is 0.168. The molecule has 0 spiro atoms. The lowest BCUT2D eigenvalue weighted by Gasteiger charge is -2.20. The molecule has 0 fully saturated rings. The van der Waals surface area contributed by atoms with Crippen LogP contribution in [0, 0.1) is 12.8 Å². The predicted octanol–water partition coefficient (Wildman–Crippen LogP) is 3.89. The van der Waals surface area contributed by atoms with Gasteiger partial charge in [0.15, 0.2) is 6.29 Å². The van der Waals surface area contributed by atoms with Crippen LogP contribution in [0.1, 0.15) is 45.6 Å². The van der Waals surface area contributed by atoms with E-state index in [2.05, 4.69) is 6.92 Å². The Morgan fingerprint density at radius 3 is 2.29 bits per heavy atom. The average Bonchev–Trinajstić information content (AvgIpc) is 2.38. The van der Waals surface area contributed by atoms with Gasteiger partial charge in [0.1, 0.15) is 0 Å². The number of unbranched alkanes of at least 4 members (excludes halogenated alkanes) is 1. The van der Waals surface area contributed by atoms with Crippen molar-refractivity contribution in [2.75, 3.05) is 6.61 Å². The Balaban J connectivity index is 2.77. The molecule has 0 aliphatic heterocycles. The largest absolute Gasteiger partial charge is 0.351 e. The highest BCUT2D eigenvalue weighted by atomic mass is 32.2. The van der Waals surface area contributed by atoms with Crippen molar-refractivity contribution in [3.8, 4) is 0 Å². The van der Waals surface area contributed by atoms with Gasteiger partial charge in [0, 0.05) is 13.0 Å². The fourth-order valence-corrected chi connectivity index (χ4v) is 2.78. The molecule has 120 valence electrons. The third-order valence-corrected chi connectivity index (χ3v) is 4.33. The molecule has 1 rings (SSSR count). The summed E-state index contributed by atoms with van der Waals surface area (Å²) in [5.74, 6) is 0.296. The van der Waals surface area contributed by atoms with E-state index in [1.165, 1.54) is 0 Å². The lowest BCUT2D eigenvalue weighted by molar-refractivity contribution is -0.0875. The number of aryl methyl sites for hydroxylation is 1. The molecule has 1 atom stereocenters. The maximum atomic E-state index is 12.3. The summed E-state index contributed by atoms with van der Waals surface area (Å²) in [5.41, 5.74) is 1.01. The fourth-order valence-electron chi connectivity index (χ4n) is 1.78. The predicted molar refractivity (Wildman–Crippen MR) is 83.6 cm³/mol. The molecule has 1 unspecified atom stereocenters. The smallest absolute Gasteiger partial charge is 0.299 e. The number of hydrogen-bond donors (Lipinski definition) is 0. The summed E-state index contributed by atoms with van der Waals surface area (Å²) >= 11 is 0. The van der Waals surface area contributed by atoms with Gasteiger partial charge < -0.3 is 4.74 Å². The topological polar surface area (TPSA) is 52.6 Å². The van der Waals surface area contributed by atoms with Gasteiger partial charge >= 0.3 is 0 Å². The second-order valence-electron chi connectivity index (χ2n) is 5.65. The van der Waals surface area contributed by atoms with E-state index in [-0.39, 0.29) is 4.90 Å². The standard InChI is InChI=1S/C16H26O4S/c1-5-6-11-19-16(12-13(2)3)20-21(17,18)15-9-7-14(4)8-10-15/h7-10,13,16H,5-6,11-12H2,1-4H3. The Morgan fingerprint density at radius 2 is 1.76 bits per heavy atom. The van der Waals surface area contributed by atoms with Gasteiger partial charge in [-0.15, -0.1) is 0 Å². The van der Waals surface area contributed by atoms with Gasteiger partial charge in [0.25, 0.3) is 10.1 Å². The first-order valence-corrected chi connectivity index (χ1v) is 8.87. The average molecular weight is 314 g/mol. The number of hydrogen-bond acceptors (Lipinski definition) is 4. The summed E-state index contributed by atoms with van der Waals surface area (Å²) in [5, 5.41) is 0. The van der Waals surface area contributed by atoms with Gasteiger partial charge in [-0.3, -0.25) is 0 Å². The van der Waals surface area contributed by atoms with E-state index in [0.29, 0.717) is 18.9 Å². The first-order valence-electron chi connectivity index (χ1n) is 7.46. The zero-order valence-electron chi connectivity index (χ0n) is 13.3. The maximum absolute atomic E-state index is 12.3. The van der Waals surface area contributed by atoms with Gasteiger partial charge in [-0.1, -0.05) is 44.9 Å². The summed E-state index contributed by atoms with van der Waals surface area (Å²) in [6.07, 6.45) is 1.72. The molecule has 0 heterocycles. The lowest BCUT2D eigenvalue weighted by atomic mass is 10.1. The zero-order valence-corrected chi connectivity index (χ0v) is 14.2. The van der Waals surface area contributed by atoms with Gasteiger partial charge in [-0.05, 0) is 31.4 Å². The molecule has 0 radical (unpaired) electrons. The Labute approximate surface area is 128 Å². The van der Waals surface area contributed by atoms with Crippen molar-refractivity contribution in [3.05, 3.63) is 29.8 Å². The monoisotopic (exact) mass is 314 g/mol. The maximum Gasteiger partial charge on any atom is 0.299 e. The highest BCUT2D eigenvalue weighted by Crippen LogP contribution is 2.19. The molecule has 1 aromatic carbocycles. The Hall–Kier alpha value is -0.910. The molecule has 4 nitrogen and oxygen atoms in total. The lowest BCUT2D eigenvalue weighted by Crippen LogP contribution is -2.24. The molecule has 5 heteroatoms. The molecule has 0 aliphatic carbocycles. The van der Waals surface area contributed by atoms with Crippen LogP contribution in [0.4, 0.5) is 0 Å². The molecular weight excluding hydrogens is 288 g/mol. The summed E-state index contributed by atoms with van der Waals surface area (Å²) in [6.45, 7) is 8.50. The van der Waals surface area contributed by atoms with E-state index in [0.717, 1.165) is 18.4 Å². The second-order valence-corrected chi connectivity index (χ2v) is 7.22. The quantitative estimate of drug-likeness (QED) is 0.394. The Kier molecular flexibility index (Phi) is 7.35. The van der Waals surface area contributed by atoms with E-state index in [1.807, 2.05) is 20.8 Å². The molecule has 0 aliphatic rings. The van der Waals surface area contributed by atoms with Crippen LogP contribution in [0.5, 0.6) is 0 Å². The highest BCUT2D eigenvalue weighted by Gasteiger charge is 2.23. The molecule has 0 N–H and O–H groups in total. The van der Waals surface area contributed by atoms with Crippen LogP contribution in [-0.2, 0) is 19.0 Å². The molecule has 0 aromatic heterocycles. The summed E-state index contributed by atoms with van der Waals surface area (Å²) in [6, 6.07) is 6.63. The van der Waals surface area contributed by atoms with Crippen molar-refractivity contribution in [2.45, 2.75) is 58.1 Å². The van der Waals surface area contributed by atoms with Crippen LogP contribution in [-0.4, -0.2) is 21.3 Å². The zero-order chi connectivity index (χ0) is 15.9. The van der Waals surface area contributed by atoms with Crippen molar-refractivity contribution in [2.24, 2.45) is 5.92 Å². The molecule has 1 aromatic rings. The number of ether oxygens (including phenoxy) is 1.